The molecule has 2 rings (SSSR count). The zero-order valence-electron chi connectivity index (χ0n) is 14.3. The lowest BCUT2D eigenvalue weighted by atomic mass is 10.2. The van der Waals surface area contributed by atoms with Crippen molar-refractivity contribution in [2.75, 3.05) is 38.2 Å². The van der Waals surface area contributed by atoms with Gasteiger partial charge in [0.15, 0.2) is 0 Å². The summed E-state index contributed by atoms with van der Waals surface area (Å²) in [5.74, 6) is -0.475. The zero-order chi connectivity index (χ0) is 17.9. The van der Waals surface area contributed by atoms with E-state index in [1.807, 2.05) is 26.8 Å². The summed E-state index contributed by atoms with van der Waals surface area (Å²) in [6.07, 6.45) is -0.291. The number of esters is 1. The first-order chi connectivity index (χ1) is 11.2. The maximum Gasteiger partial charge on any atom is 0.410 e. The second-order valence-electron chi connectivity index (χ2n) is 6.45. The van der Waals surface area contributed by atoms with E-state index in [1.54, 1.807) is 11.0 Å². The Labute approximate surface area is 150 Å². The number of rotatable bonds is 2. The van der Waals surface area contributed by atoms with Crippen LogP contribution in [0, 0.1) is 0 Å². The summed E-state index contributed by atoms with van der Waals surface area (Å²) < 4.78 is 10.6. The number of methoxy groups -OCH3 is 1. The van der Waals surface area contributed by atoms with Gasteiger partial charge in [0.25, 0.3) is 0 Å². The molecule has 1 aliphatic heterocycles. The third-order valence-corrected chi connectivity index (χ3v) is 4.08. The van der Waals surface area contributed by atoms with Crippen LogP contribution in [0.2, 0.25) is 0 Å². The first-order valence-electron chi connectivity index (χ1n) is 7.69. The predicted molar refractivity (Wildman–Crippen MR) is 93.3 cm³/mol. The van der Waals surface area contributed by atoms with Gasteiger partial charge in [-0.3, -0.25) is 0 Å². The van der Waals surface area contributed by atoms with E-state index in [0.29, 0.717) is 30.8 Å². The van der Waals surface area contributed by atoms with Gasteiger partial charge < -0.3 is 19.3 Å². The molecule has 0 spiro atoms. The molecule has 0 radical (unpaired) electrons. The topological polar surface area (TPSA) is 72.0 Å². The number of piperazine rings is 1. The molecule has 132 valence electrons. The summed E-state index contributed by atoms with van der Waals surface area (Å²) >= 11 is 3.40. The molecule has 0 unspecified atom stereocenters. The number of carbonyl (C=O) groups is 2. The molecular formula is C16H22BrN3O4. The first kappa shape index (κ1) is 18.5. The highest BCUT2D eigenvalue weighted by Crippen LogP contribution is 2.26. The Morgan fingerprint density at radius 3 is 2.29 bits per heavy atom. The molecule has 0 aromatic carbocycles. The lowest BCUT2D eigenvalue weighted by molar-refractivity contribution is 0.0240. The average molecular weight is 400 g/mol. The maximum atomic E-state index is 12.1. The van der Waals surface area contributed by atoms with Crippen LogP contribution in [0.15, 0.2) is 16.7 Å². The van der Waals surface area contributed by atoms with Crippen molar-refractivity contribution in [3.8, 4) is 0 Å². The van der Waals surface area contributed by atoms with E-state index in [0.717, 1.165) is 5.69 Å². The molecule has 24 heavy (non-hydrogen) atoms. The Bertz CT molecular complexity index is 622. The van der Waals surface area contributed by atoms with Crippen LogP contribution in [0.1, 0.15) is 31.3 Å². The third kappa shape index (κ3) is 4.59. The van der Waals surface area contributed by atoms with E-state index >= 15 is 0 Å². The van der Waals surface area contributed by atoms with Crippen LogP contribution in [-0.4, -0.2) is 60.8 Å². The van der Waals surface area contributed by atoms with E-state index < -0.39 is 11.6 Å². The monoisotopic (exact) mass is 399 g/mol. The zero-order valence-corrected chi connectivity index (χ0v) is 15.9. The summed E-state index contributed by atoms with van der Waals surface area (Å²) in [6.45, 7) is 8.03. The minimum Gasteiger partial charge on any atom is -0.464 e. The van der Waals surface area contributed by atoms with Crippen molar-refractivity contribution in [3.63, 3.8) is 0 Å². The standard InChI is InChI=1S/C16H22BrN3O4/c1-16(2,3)24-15(22)20-9-7-19(8-10-20)12-6-5-11(14(21)23-4)18-13(12)17/h5-6H,7-10H2,1-4H3. The Balaban J connectivity index is 2.00. The number of aromatic nitrogens is 1. The van der Waals surface area contributed by atoms with Crippen LogP contribution in [0.5, 0.6) is 0 Å². The van der Waals surface area contributed by atoms with Crippen LogP contribution < -0.4 is 4.90 Å². The fourth-order valence-electron chi connectivity index (χ4n) is 2.34. The quantitative estimate of drug-likeness (QED) is 0.562. The Kier molecular flexibility index (Phi) is 5.69. The van der Waals surface area contributed by atoms with E-state index in [2.05, 4.69) is 30.6 Å². The number of pyridine rings is 1. The van der Waals surface area contributed by atoms with Crippen molar-refractivity contribution < 1.29 is 19.1 Å². The SMILES string of the molecule is COC(=O)c1ccc(N2CCN(C(=O)OC(C)(C)C)CC2)c(Br)n1. The Morgan fingerprint density at radius 2 is 1.79 bits per heavy atom. The van der Waals surface area contributed by atoms with Crippen LogP contribution >= 0.6 is 15.9 Å². The molecule has 1 aliphatic rings. The summed E-state index contributed by atoms with van der Waals surface area (Å²) in [6, 6.07) is 3.46. The van der Waals surface area contributed by atoms with Gasteiger partial charge in [-0.1, -0.05) is 0 Å². The van der Waals surface area contributed by atoms with Gasteiger partial charge in [0, 0.05) is 26.2 Å². The number of carbonyl (C=O) groups excluding carboxylic acids is 2. The first-order valence-corrected chi connectivity index (χ1v) is 8.48. The van der Waals surface area contributed by atoms with Gasteiger partial charge in [-0.15, -0.1) is 0 Å². The highest BCUT2D eigenvalue weighted by Gasteiger charge is 2.27. The molecule has 0 saturated carbocycles. The molecule has 1 fully saturated rings. The van der Waals surface area contributed by atoms with E-state index in [4.69, 9.17) is 4.74 Å². The van der Waals surface area contributed by atoms with Crippen LogP contribution in [-0.2, 0) is 9.47 Å². The van der Waals surface area contributed by atoms with Gasteiger partial charge in [0.1, 0.15) is 15.9 Å². The smallest absolute Gasteiger partial charge is 0.410 e. The second-order valence-corrected chi connectivity index (χ2v) is 7.20. The van der Waals surface area contributed by atoms with Gasteiger partial charge in [0.05, 0.1) is 12.8 Å². The molecule has 0 aliphatic carbocycles. The summed E-state index contributed by atoms with van der Waals surface area (Å²) in [5.41, 5.74) is 0.636. The molecule has 0 bridgehead atoms. The van der Waals surface area contributed by atoms with Gasteiger partial charge in [-0.2, -0.15) is 0 Å². The highest BCUT2D eigenvalue weighted by atomic mass is 79.9. The molecule has 7 nitrogen and oxygen atoms in total. The number of hydrogen-bond donors (Lipinski definition) is 0. The fraction of sp³-hybridized carbons (Fsp3) is 0.562. The molecule has 2 heterocycles. The lowest BCUT2D eigenvalue weighted by Gasteiger charge is -2.36. The number of nitrogens with zero attached hydrogens (tertiary/aromatic N) is 3. The highest BCUT2D eigenvalue weighted by molar-refractivity contribution is 9.10. The van der Waals surface area contributed by atoms with Crippen LogP contribution in [0.3, 0.4) is 0 Å². The number of anilines is 1. The largest absolute Gasteiger partial charge is 0.464 e. The van der Waals surface area contributed by atoms with Crippen LogP contribution in [0.4, 0.5) is 10.5 Å². The normalized spacial score (nSPS) is 15.2. The Morgan fingerprint density at radius 1 is 1.17 bits per heavy atom. The molecule has 1 aromatic heterocycles. The van der Waals surface area contributed by atoms with Gasteiger partial charge in [-0.25, -0.2) is 14.6 Å². The van der Waals surface area contributed by atoms with Crippen molar-refractivity contribution in [2.24, 2.45) is 0 Å². The molecule has 1 aromatic rings. The maximum absolute atomic E-state index is 12.1. The third-order valence-electron chi connectivity index (χ3n) is 3.50. The summed E-state index contributed by atoms with van der Waals surface area (Å²) in [5, 5.41) is 0. The van der Waals surface area contributed by atoms with Crippen molar-refractivity contribution in [1.29, 1.82) is 0 Å². The van der Waals surface area contributed by atoms with Crippen molar-refractivity contribution in [1.82, 2.24) is 9.88 Å². The van der Waals surface area contributed by atoms with Crippen LogP contribution in [0.25, 0.3) is 0 Å². The average Bonchev–Trinajstić information content (AvgIpc) is 2.52. The summed E-state index contributed by atoms with van der Waals surface area (Å²) in [4.78, 5) is 31.6. The van der Waals surface area contributed by atoms with E-state index in [9.17, 15) is 9.59 Å². The lowest BCUT2D eigenvalue weighted by Crippen LogP contribution is -2.50. The minimum atomic E-state index is -0.495. The second kappa shape index (κ2) is 7.38. The van der Waals surface area contributed by atoms with Gasteiger partial charge in [0.2, 0.25) is 0 Å². The van der Waals surface area contributed by atoms with E-state index in [-0.39, 0.29) is 11.8 Å². The minimum absolute atomic E-state index is 0.250. The van der Waals surface area contributed by atoms with Crippen molar-refractivity contribution >= 4 is 33.7 Å². The van der Waals surface area contributed by atoms with Gasteiger partial charge in [-0.05, 0) is 48.8 Å². The summed E-state index contributed by atoms with van der Waals surface area (Å²) in [7, 11) is 1.32. The molecule has 0 atom stereocenters. The number of ether oxygens (including phenoxy) is 2. The molecule has 1 amide bonds. The number of amides is 1. The molecular weight excluding hydrogens is 378 g/mol. The van der Waals surface area contributed by atoms with Crippen molar-refractivity contribution in [2.45, 2.75) is 26.4 Å². The van der Waals surface area contributed by atoms with Crippen molar-refractivity contribution in [3.05, 3.63) is 22.4 Å². The molecule has 8 heteroatoms. The predicted octanol–water partition coefficient (Wildman–Crippen LogP) is 2.69. The number of halogens is 1. The van der Waals surface area contributed by atoms with Gasteiger partial charge >= 0.3 is 12.1 Å². The fourth-order valence-corrected chi connectivity index (χ4v) is 2.91. The van der Waals surface area contributed by atoms with E-state index in [1.165, 1.54) is 7.11 Å². The molecule has 0 N–H and O–H groups in total. The number of hydrogen-bond acceptors (Lipinski definition) is 6. The Hall–Kier alpha value is -1.83. The molecule has 1 saturated heterocycles.